The number of fused-ring (bicyclic) bond motifs is 1. The number of hydrogen-bond donors (Lipinski definition) is 0. The highest BCUT2D eigenvalue weighted by Crippen LogP contribution is 2.42. The van der Waals surface area contributed by atoms with Crippen molar-refractivity contribution >= 4 is 27.4 Å². The van der Waals surface area contributed by atoms with E-state index in [-0.39, 0.29) is 0 Å². The lowest BCUT2D eigenvalue weighted by molar-refractivity contribution is 0.270. The molecule has 0 unspecified atom stereocenters. The number of thiophene rings is 1. The Hall–Kier alpha value is -2.18. The zero-order valence-corrected chi connectivity index (χ0v) is 18.0. The van der Waals surface area contributed by atoms with E-state index >= 15 is 0 Å². The van der Waals surface area contributed by atoms with Gasteiger partial charge in [-0.15, -0.1) is 11.3 Å². The molecule has 3 aromatic rings. The van der Waals surface area contributed by atoms with Gasteiger partial charge in [0, 0.05) is 36.6 Å². The highest BCUT2D eigenvalue weighted by Gasteiger charge is 2.24. The van der Waals surface area contributed by atoms with E-state index in [1.807, 2.05) is 13.8 Å². The summed E-state index contributed by atoms with van der Waals surface area (Å²) in [5.74, 6) is 2.85. The summed E-state index contributed by atoms with van der Waals surface area (Å²) >= 11 is 1.77. The maximum absolute atomic E-state index is 5.62. The molecule has 3 heterocycles. The van der Waals surface area contributed by atoms with E-state index in [1.54, 1.807) is 11.3 Å². The first-order chi connectivity index (χ1) is 13.6. The molecule has 0 radical (unpaired) electrons. The molecule has 1 saturated heterocycles. The Kier molecular flexibility index (Phi) is 5.51. The van der Waals surface area contributed by atoms with Crippen LogP contribution >= 0.6 is 11.3 Å². The van der Waals surface area contributed by atoms with Crippen molar-refractivity contribution in [3.05, 3.63) is 35.0 Å². The summed E-state index contributed by atoms with van der Waals surface area (Å²) in [4.78, 5) is 17.0. The Morgan fingerprint density at radius 3 is 2.36 bits per heavy atom. The van der Waals surface area contributed by atoms with E-state index in [0.717, 1.165) is 54.9 Å². The van der Waals surface area contributed by atoms with Crippen molar-refractivity contribution in [3.63, 3.8) is 0 Å². The van der Waals surface area contributed by atoms with Crippen molar-refractivity contribution in [2.45, 2.75) is 27.7 Å². The van der Waals surface area contributed by atoms with Crippen LogP contribution in [0.4, 0.5) is 5.82 Å². The minimum absolute atomic E-state index is 0.681. The fraction of sp³-hybridized carbons (Fsp3) is 0.455. The van der Waals surface area contributed by atoms with Gasteiger partial charge in [-0.2, -0.15) is 0 Å². The van der Waals surface area contributed by atoms with E-state index in [4.69, 9.17) is 14.7 Å². The van der Waals surface area contributed by atoms with E-state index in [9.17, 15) is 0 Å². The van der Waals surface area contributed by atoms with Gasteiger partial charge in [-0.1, -0.05) is 19.1 Å². The van der Waals surface area contributed by atoms with Crippen LogP contribution in [0.25, 0.3) is 21.3 Å². The van der Waals surface area contributed by atoms with Crippen LogP contribution in [0.3, 0.4) is 0 Å². The summed E-state index contributed by atoms with van der Waals surface area (Å²) in [6.07, 6.45) is 0. The van der Waals surface area contributed by atoms with Crippen LogP contribution in [0.15, 0.2) is 24.3 Å². The number of aryl methyl sites for hydroxylation is 2. The Morgan fingerprint density at radius 1 is 1.00 bits per heavy atom. The van der Waals surface area contributed by atoms with Gasteiger partial charge in [0.25, 0.3) is 0 Å². The molecule has 28 heavy (non-hydrogen) atoms. The van der Waals surface area contributed by atoms with E-state index in [1.165, 1.54) is 21.4 Å². The molecule has 1 aliphatic rings. The molecular weight excluding hydrogens is 368 g/mol. The maximum Gasteiger partial charge on any atom is 0.141 e. The number of aromatic nitrogens is 2. The fourth-order valence-electron chi connectivity index (χ4n) is 3.93. The highest BCUT2D eigenvalue weighted by molar-refractivity contribution is 7.19. The summed E-state index contributed by atoms with van der Waals surface area (Å²) in [7, 11) is 0. The third kappa shape index (κ3) is 3.59. The van der Waals surface area contributed by atoms with Gasteiger partial charge in [-0.25, -0.2) is 9.97 Å². The normalized spacial score (nSPS) is 15.4. The Labute approximate surface area is 171 Å². The maximum atomic E-state index is 5.62. The Bertz CT molecular complexity index is 959. The zero-order valence-electron chi connectivity index (χ0n) is 17.2. The fourth-order valence-corrected chi connectivity index (χ4v) is 5.02. The standard InChI is InChI=1S/C22H28N4OS/c1-5-25-11-13-26(14-12-25)21-20-19(15(3)28-22(20)24-16(4)23-21)17-7-9-18(10-8-17)27-6-2/h7-10H,5-6,11-14H2,1-4H3. The van der Waals surface area contributed by atoms with Crippen LogP contribution in [0, 0.1) is 13.8 Å². The predicted molar refractivity (Wildman–Crippen MR) is 118 cm³/mol. The summed E-state index contributed by atoms with van der Waals surface area (Å²) in [5.41, 5.74) is 2.46. The van der Waals surface area contributed by atoms with Crippen molar-refractivity contribution in [2.24, 2.45) is 0 Å². The predicted octanol–water partition coefficient (Wildman–Crippen LogP) is 4.52. The molecule has 0 saturated carbocycles. The topological polar surface area (TPSA) is 41.5 Å². The highest BCUT2D eigenvalue weighted by atomic mass is 32.1. The van der Waals surface area contributed by atoms with E-state index in [0.29, 0.717) is 6.61 Å². The molecule has 148 valence electrons. The van der Waals surface area contributed by atoms with Crippen molar-refractivity contribution < 1.29 is 4.74 Å². The number of benzene rings is 1. The van der Waals surface area contributed by atoms with Gasteiger partial charge in [-0.3, -0.25) is 0 Å². The first-order valence-electron chi connectivity index (χ1n) is 10.1. The Balaban J connectivity index is 1.80. The van der Waals surface area contributed by atoms with Crippen molar-refractivity contribution in [1.29, 1.82) is 0 Å². The first kappa shape index (κ1) is 19.2. The number of hydrogen-bond acceptors (Lipinski definition) is 6. The Morgan fingerprint density at radius 2 is 1.71 bits per heavy atom. The molecule has 1 fully saturated rings. The molecule has 0 amide bonds. The second-order valence-corrected chi connectivity index (χ2v) is 8.39. The molecule has 5 nitrogen and oxygen atoms in total. The molecule has 1 aliphatic heterocycles. The minimum Gasteiger partial charge on any atom is -0.494 e. The molecule has 6 heteroatoms. The summed E-state index contributed by atoms with van der Waals surface area (Å²) < 4.78 is 5.62. The van der Waals surface area contributed by atoms with Crippen LogP contribution in [0.5, 0.6) is 5.75 Å². The third-order valence-corrected chi connectivity index (χ3v) is 6.39. The minimum atomic E-state index is 0.681. The van der Waals surface area contributed by atoms with Gasteiger partial charge in [0.1, 0.15) is 22.2 Å². The number of piperazine rings is 1. The first-order valence-corrected chi connectivity index (χ1v) is 10.9. The lowest BCUT2D eigenvalue weighted by Gasteiger charge is -2.35. The van der Waals surface area contributed by atoms with Gasteiger partial charge < -0.3 is 14.5 Å². The smallest absolute Gasteiger partial charge is 0.141 e. The molecular formula is C22H28N4OS. The number of anilines is 1. The van der Waals surface area contributed by atoms with E-state index in [2.05, 4.69) is 47.9 Å². The summed E-state index contributed by atoms with van der Waals surface area (Å²) in [6.45, 7) is 14.4. The van der Waals surface area contributed by atoms with Gasteiger partial charge in [0.05, 0.1) is 12.0 Å². The molecule has 0 atom stereocenters. The van der Waals surface area contributed by atoms with Crippen LogP contribution < -0.4 is 9.64 Å². The average Bonchev–Trinajstić information content (AvgIpc) is 3.04. The molecule has 2 aromatic heterocycles. The summed E-state index contributed by atoms with van der Waals surface area (Å²) in [5, 5.41) is 1.20. The van der Waals surface area contributed by atoms with Gasteiger partial charge in [0.15, 0.2) is 0 Å². The molecule has 0 bridgehead atoms. The van der Waals surface area contributed by atoms with Crippen molar-refractivity contribution in [3.8, 4) is 16.9 Å². The van der Waals surface area contributed by atoms with Crippen LogP contribution in [0.2, 0.25) is 0 Å². The van der Waals surface area contributed by atoms with Crippen molar-refractivity contribution in [2.75, 3.05) is 44.2 Å². The SMILES string of the molecule is CCOc1ccc(-c2c(C)sc3nc(C)nc(N4CCN(CC)CC4)c23)cc1. The van der Waals surface area contributed by atoms with Crippen LogP contribution in [0.1, 0.15) is 24.5 Å². The number of ether oxygens (including phenoxy) is 1. The molecule has 4 rings (SSSR count). The zero-order chi connectivity index (χ0) is 19.7. The monoisotopic (exact) mass is 396 g/mol. The van der Waals surface area contributed by atoms with Crippen molar-refractivity contribution in [1.82, 2.24) is 14.9 Å². The molecule has 0 aliphatic carbocycles. The average molecular weight is 397 g/mol. The second kappa shape index (κ2) is 8.05. The van der Waals surface area contributed by atoms with E-state index < -0.39 is 0 Å². The molecule has 1 aromatic carbocycles. The number of likely N-dealkylation sites (N-methyl/N-ethyl adjacent to an activating group) is 1. The number of rotatable bonds is 5. The lowest BCUT2D eigenvalue weighted by Crippen LogP contribution is -2.46. The lowest BCUT2D eigenvalue weighted by atomic mass is 10.0. The third-order valence-electron chi connectivity index (χ3n) is 5.39. The van der Waals surface area contributed by atoms with Gasteiger partial charge in [-0.05, 0) is 45.0 Å². The molecule has 0 N–H and O–H groups in total. The largest absolute Gasteiger partial charge is 0.494 e. The quantitative estimate of drug-likeness (QED) is 0.634. The summed E-state index contributed by atoms with van der Waals surface area (Å²) in [6, 6.07) is 8.41. The van der Waals surface area contributed by atoms with Crippen LogP contribution in [-0.4, -0.2) is 54.2 Å². The second-order valence-electron chi connectivity index (χ2n) is 7.19. The number of nitrogens with zero attached hydrogens (tertiary/aromatic N) is 4. The van der Waals surface area contributed by atoms with Crippen LogP contribution in [-0.2, 0) is 0 Å². The van der Waals surface area contributed by atoms with Gasteiger partial charge in [0.2, 0.25) is 0 Å². The molecule has 0 spiro atoms. The van der Waals surface area contributed by atoms with Gasteiger partial charge >= 0.3 is 0 Å².